The van der Waals surface area contributed by atoms with Crippen LogP contribution in [0.1, 0.15) is 38.1 Å². The van der Waals surface area contributed by atoms with Crippen molar-refractivity contribution < 1.29 is 9.53 Å². The van der Waals surface area contributed by atoms with Crippen LogP contribution in [0.4, 0.5) is 0 Å². The Bertz CT molecular complexity index is 421. The molecule has 0 bridgehead atoms. The summed E-state index contributed by atoms with van der Waals surface area (Å²) in [5, 5.41) is 5.41. The lowest BCUT2D eigenvalue weighted by Gasteiger charge is -2.31. The molecule has 3 nitrogen and oxygen atoms in total. The highest BCUT2D eigenvalue weighted by Crippen LogP contribution is 2.30. The predicted octanol–water partition coefficient (Wildman–Crippen LogP) is 2.88. The SMILES string of the molecule is COC(=O)C(C)(C)NCC(C)(C)c1sccc1C. The lowest BCUT2D eigenvalue weighted by Crippen LogP contribution is -2.51. The van der Waals surface area contributed by atoms with Crippen molar-refractivity contribution in [1.29, 1.82) is 0 Å². The largest absolute Gasteiger partial charge is 0.468 e. The molecule has 1 heterocycles. The summed E-state index contributed by atoms with van der Waals surface area (Å²) < 4.78 is 4.80. The first-order chi connectivity index (χ1) is 8.20. The van der Waals surface area contributed by atoms with E-state index in [9.17, 15) is 4.79 Å². The monoisotopic (exact) mass is 269 g/mol. The second-order valence-electron chi connectivity index (χ2n) is 5.79. The van der Waals surface area contributed by atoms with Gasteiger partial charge in [-0.3, -0.25) is 4.79 Å². The van der Waals surface area contributed by atoms with Crippen molar-refractivity contribution in [2.45, 2.75) is 45.6 Å². The number of rotatable bonds is 5. The van der Waals surface area contributed by atoms with Crippen LogP contribution in [-0.2, 0) is 14.9 Å². The van der Waals surface area contributed by atoms with Crippen molar-refractivity contribution in [1.82, 2.24) is 5.32 Å². The number of carbonyl (C=O) groups is 1. The van der Waals surface area contributed by atoms with Gasteiger partial charge in [-0.2, -0.15) is 0 Å². The number of hydrogen-bond acceptors (Lipinski definition) is 4. The standard InChI is InChI=1S/C14H23NO2S/c1-10-7-8-18-11(10)13(2,3)9-15-14(4,5)12(16)17-6/h7-8,15H,9H2,1-6H3. The van der Waals surface area contributed by atoms with Gasteiger partial charge in [-0.05, 0) is 37.8 Å². The van der Waals surface area contributed by atoms with E-state index in [1.165, 1.54) is 17.6 Å². The Kier molecular flexibility index (Phi) is 4.56. The fraction of sp³-hybridized carbons (Fsp3) is 0.643. The topological polar surface area (TPSA) is 38.3 Å². The number of hydrogen-bond donors (Lipinski definition) is 1. The van der Waals surface area contributed by atoms with Gasteiger partial charge in [0.25, 0.3) is 0 Å². The zero-order chi connectivity index (χ0) is 14.0. The Morgan fingerprint density at radius 1 is 1.39 bits per heavy atom. The van der Waals surface area contributed by atoms with Gasteiger partial charge in [-0.1, -0.05) is 13.8 Å². The van der Waals surface area contributed by atoms with Crippen molar-refractivity contribution in [2.75, 3.05) is 13.7 Å². The van der Waals surface area contributed by atoms with Gasteiger partial charge >= 0.3 is 5.97 Å². The Hall–Kier alpha value is -0.870. The van der Waals surface area contributed by atoms with E-state index in [0.29, 0.717) is 0 Å². The van der Waals surface area contributed by atoms with Gasteiger partial charge in [0.15, 0.2) is 0 Å². The fourth-order valence-electron chi connectivity index (χ4n) is 1.92. The second kappa shape index (κ2) is 5.41. The Labute approximate surface area is 114 Å². The fourth-order valence-corrected chi connectivity index (χ4v) is 2.97. The molecule has 0 amide bonds. The smallest absolute Gasteiger partial charge is 0.325 e. The molecule has 0 saturated heterocycles. The van der Waals surface area contributed by atoms with Gasteiger partial charge in [0.1, 0.15) is 5.54 Å². The average Bonchev–Trinajstić information content (AvgIpc) is 2.73. The van der Waals surface area contributed by atoms with Crippen LogP contribution in [0.5, 0.6) is 0 Å². The quantitative estimate of drug-likeness (QED) is 0.835. The van der Waals surface area contributed by atoms with Gasteiger partial charge in [0.2, 0.25) is 0 Å². The van der Waals surface area contributed by atoms with Crippen LogP contribution in [0.3, 0.4) is 0 Å². The first-order valence-electron chi connectivity index (χ1n) is 6.09. The van der Waals surface area contributed by atoms with Gasteiger partial charge in [-0.25, -0.2) is 0 Å². The van der Waals surface area contributed by atoms with Crippen molar-refractivity contribution in [3.8, 4) is 0 Å². The van der Waals surface area contributed by atoms with Gasteiger partial charge < -0.3 is 10.1 Å². The Balaban J connectivity index is 2.74. The zero-order valence-corrected chi connectivity index (χ0v) is 12.9. The molecular formula is C14H23NO2S. The molecule has 0 aliphatic carbocycles. The van der Waals surface area contributed by atoms with Crippen molar-refractivity contribution >= 4 is 17.3 Å². The first kappa shape index (κ1) is 15.2. The third-order valence-corrected chi connectivity index (χ3v) is 4.53. The zero-order valence-electron chi connectivity index (χ0n) is 12.1. The summed E-state index contributed by atoms with van der Waals surface area (Å²) in [6, 6.07) is 2.13. The van der Waals surface area contributed by atoms with E-state index >= 15 is 0 Å². The van der Waals surface area contributed by atoms with E-state index < -0.39 is 5.54 Å². The summed E-state index contributed by atoms with van der Waals surface area (Å²) in [5.74, 6) is -0.235. The molecule has 1 rings (SSSR count). The minimum atomic E-state index is -0.656. The van der Waals surface area contributed by atoms with E-state index in [1.807, 2.05) is 13.8 Å². The van der Waals surface area contributed by atoms with Crippen LogP contribution in [0.15, 0.2) is 11.4 Å². The molecule has 1 aromatic heterocycles. The van der Waals surface area contributed by atoms with E-state index in [0.717, 1.165) is 6.54 Å². The highest BCUT2D eigenvalue weighted by Gasteiger charge is 2.32. The predicted molar refractivity (Wildman–Crippen MR) is 76.2 cm³/mol. The van der Waals surface area contributed by atoms with E-state index in [4.69, 9.17) is 4.74 Å². The molecule has 0 atom stereocenters. The highest BCUT2D eigenvalue weighted by atomic mass is 32.1. The van der Waals surface area contributed by atoms with Crippen LogP contribution in [0.2, 0.25) is 0 Å². The lowest BCUT2D eigenvalue weighted by molar-refractivity contribution is -0.147. The first-order valence-corrected chi connectivity index (χ1v) is 6.97. The third kappa shape index (κ3) is 3.33. The molecule has 0 radical (unpaired) electrons. The van der Waals surface area contributed by atoms with Crippen LogP contribution in [-0.4, -0.2) is 25.2 Å². The van der Waals surface area contributed by atoms with E-state index in [-0.39, 0.29) is 11.4 Å². The van der Waals surface area contributed by atoms with Crippen LogP contribution < -0.4 is 5.32 Å². The Morgan fingerprint density at radius 2 is 2.00 bits per heavy atom. The van der Waals surface area contributed by atoms with Crippen LogP contribution in [0, 0.1) is 6.92 Å². The van der Waals surface area contributed by atoms with Crippen LogP contribution in [0.25, 0.3) is 0 Å². The number of aryl methyl sites for hydroxylation is 1. The molecule has 1 aromatic rings. The number of nitrogens with one attached hydrogen (secondary N) is 1. The summed E-state index contributed by atoms with van der Waals surface area (Å²) >= 11 is 1.77. The summed E-state index contributed by atoms with van der Waals surface area (Å²) in [4.78, 5) is 13.0. The number of carbonyl (C=O) groups excluding carboxylic acids is 1. The molecule has 1 N–H and O–H groups in total. The molecule has 0 fully saturated rings. The maximum absolute atomic E-state index is 11.6. The molecule has 0 aliphatic heterocycles. The number of esters is 1. The average molecular weight is 269 g/mol. The number of thiophene rings is 1. The molecule has 0 spiro atoms. The van der Waals surface area contributed by atoms with Gasteiger partial charge in [0.05, 0.1) is 7.11 Å². The van der Waals surface area contributed by atoms with E-state index in [2.05, 4.69) is 37.5 Å². The number of methoxy groups -OCH3 is 1. The lowest BCUT2D eigenvalue weighted by atomic mass is 9.88. The molecule has 0 aromatic carbocycles. The highest BCUT2D eigenvalue weighted by molar-refractivity contribution is 7.10. The summed E-state index contributed by atoms with van der Waals surface area (Å²) in [6.07, 6.45) is 0. The third-order valence-electron chi connectivity index (χ3n) is 3.14. The van der Waals surface area contributed by atoms with Crippen LogP contribution >= 0.6 is 11.3 Å². The maximum atomic E-state index is 11.6. The molecule has 4 heteroatoms. The minimum absolute atomic E-state index is 0.00351. The van der Waals surface area contributed by atoms with Gasteiger partial charge in [0, 0.05) is 16.8 Å². The molecule has 0 saturated carbocycles. The van der Waals surface area contributed by atoms with Crippen molar-refractivity contribution in [3.63, 3.8) is 0 Å². The molecule has 18 heavy (non-hydrogen) atoms. The maximum Gasteiger partial charge on any atom is 0.325 e. The molecule has 102 valence electrons. The van der Waals surface area contributed by atoms with Crippen molar-refractivity contribution in [3.05, 3.63) is 21.9 Å². The normalized spacial score (nSPS) is 12.6. The van der Waals surface area contributed by atoms with Gasteiger partial charge in [-0.15, -0.1) is 11.3 Å². The minimum Gasteiger partial charge on any atom is -0.468 e. The molecule has 0 aliphatic rings. The Morgan fingerprint density at radius 3 is 2.44 bits per heavy atom. The summed E-state index contributed by atoms with van der Waals surface area (Å²) in [6.45, 7) is 10.9. The molecular weight excluding hydrogens is 246 g/mol. The second-order valence-corrected chi connectivity index (χ2v) is 6.70. The van der Waals surface area contributed by atoms with Crippen molar-refractivity contribution in [2.24, 2.45) is 0 Å². The molecule has 0 unspecified atom stereocenters. The number of ether oxygens (including phenoxy) is 1. The summed E-state index contributed by atoms with van der Waals surface area (Å²) in [5.41, 5.74) is 0.656. The summed E-state index contributed by atoms with van der Waals surface area (Å²) in [7, 11) is 1.42. The van der Waals surface area contributed by atoms with E-state index in [1.54, 1.807) is 11.3 Å².